The van der Waals surface area contributed by atoms with Gasteiger partial charge in [-0.3, -0.25) is 0 Å². The number of nitrogens with one attached hydrogen (secondary N) is 1. The van der Waals surface area contributed by atoms with E-state index in [1.807, 2.05) is 12.3 Å². The summed E-state index contributed by atoms with van der Waals surface area (Å²) < 4.78 is 9.17. The van der Waals surface area contributed by atoms with Crippen molar-refractivity contribution in [3.05, 3.63) is 16.1 Å². The Kier molecular flexibility index (Phi) is 3.25. The van der Waals surface area contributed by atoms with Gasteiger partial charge in [0.15, 0.2) is 16.6 Å². The fourth-order valence-corrected chi connectivity index (χ4v) is 2.64. The van der Waals surface area contributed by atoms with E-state index in [0.29, 0.717) is 18.1 Å². The number of methoxy groups -OCH3 is 1. The second kappa shape index (κ2) is 4.67. The Morgan fingerprint density at radius 1 is 1.56 bits per heavy atom. The summed E-state index contributed by atoms with van der Waals surface area (Å²) >= 11 is 2.92. The molecule has 86 valence electrons. The highest BCUT2D eigenvalue weighted by atomic mass is 32.1. The van der Waals surface area contributed by atoms with E-state index >= 15 is 0 Å². The number of rotatable bonds is 4. The van der Waals surface area contributed by atoms with Gasteiger partial charge in [0.05, 0.1) is 13.7 Å². The van der Waals surface area contributed by atoms with Gasteiger partial charge < -0.3 is 15.8 Å². The number of anilines is 2. The first-order valence-corrected chi connectivity index (χ1v) is 6.30. The van der Waals surface area contributed by atoms with E-state index in [1.165, 1.54) is 11.5 Å². The van der Waals surface area contributed by atoms with Crippen LogP contribution in [0.5, 0.6) is 5.75 Å². The Labute approximate surface area is 101 Å². The zero-order valence-electron chi connectivity index (χ0n) is 8.98. The molecule has 2 aromatic rings. The first kappa shape index (κ1) is 11.2. The summed E-state index contributed by atoms with van der Waals surface area (Å²) in [6.07, 6.45) is 0. The van der Waals surface area contributed by atoms with E-state index in [0.717, 1.165) is 15.7 Å². The van der Waals surface area contributed by atoms with Gasteiger partial charge >= 0.3 is 0 Å². The zero-order valence-corrected chi connectivity index (χ0v) is 10.6. The Morgan fingerprint density at radius 2 is 2.38 bits per heavy atom. The number of nitrogens with two attached hydrogens (primary N) is 1. The van der Waals surface area contributed by atoms with Gasteiger partial charge in [-0.2, -0.15) is 4.37 Å². The van der Waals surface area contributed by atoms with Gasteiger partial charge in [-0.1, -0.05) is 0 Å². The molecule has 0 aromatic carbocycles. The lowest BCUT2D eigenvalue weighted by molar-refractivity contribution is 0.419. The molecule has 0 atom stereocenters. The Bertz CT molecular complexity index is 480. The average molecular weight is 256 g/mol. The summed E-state index contributed by atoms with van der Waals surface area (Å²) in [6.45, 7) is 2.64. The highest BCUT2D eigenvalue weighted by Gasteiger charge is 2.11. The molecule has 3 N–H and O–H groups in total. The van der Waals surface area contributed by atoms with Crippen LogP contribution in [0.25, 0.3) is 0 Å². The zero-order chi connectivity index (χ0) is 11.5. The molecule has 0 unspecified atom stereocenters. The van der Waals surface area contributed by atoms with E-state index in [4.69, 9.17) is 10.5 Å². The van der Waals surface area contributed by atoms with Crippen LogP contribution in [0.2, 0.25) is 0 Å². The van der Waals surface area contributed by atoms with Gasteiger partial charge in [-0.15, -0.1) is 11.3 Å². The van der Waals surface area contributed by atoms with Gasteiger partial charge in [0.2, 0.25) is 0 Å². The molecule has 0 saturated heterocycles. The maximum absolute atomic E-state index is 5.65. The van der Waals surface area contributed by atoms with Gasteiger partial charge in [-0.25, -0.2) is 4.98 Å². The topological polar surface area (TPSA) is 73.1 Å². The summed E-state index contributed by atoms with van der Waals surface area (Å²) in [6, 6.07) is 0. The normalized spacial score (nSPS) is 10.4. The Balaban J connectivity index is 2.04. The molecular formula is C9H12N4OS2. The maximum Gasteiger partial charge on any atom is 0.197 e. The molecule has 0 aliphatic carbocycles. The summed E-state index contributed by atoms with van der Waals surface area (Å²) in [5.41, 5.74) is 6.69. The van der Waals surface area contributed by atoms with Crippen LogP contribution in [0.15, 0.2) is 5.38 Å². The largest absolute Gasteiger partial charge is 0.490 e. The van der Waals surface area contributed by atoms with E-state index in [1.54, 1.807) is 18.4 Å². The van der Waals surface area contributed by atoms with E-state index in [-0.39, 0.29) is 0 Å². The smallest absolute Gasteiger partial charge is 0.197 e. The quantitative estimate of drug-likeness (QED) is 0.876. The van der Waals surface area contributed by atoms with Crippen LogP contribution in [0.4, 0.5) is 10.8 Å². The molecule has 0 fully saturated rings. The summed E-state index contributed by atoms with van der Waals surface area (Å²) in [7, 11) is 1.58. The fourth-order valence-electron chi connectivity index (χ4n) is 1.24. The van der Waals surface area contributed by atoms with Crippen molar-refractivity contribution in [2.24, 2.45) is 0 Å². The van der Waals surface area contributed by atoms with Crippen molar-refractivity contribution in [2.45, 2.75) is 13.5 Å². The molecular weight excluding hydrogens is 244 g/mol. The Morgan fingerprint density at radius 3 is 3.00 bits per heavy atom. The van der Waals surface area contributed by atoms with Gasteiger partial charge in [0, 0.05) is 11.1 Å². The van der Waals surface area contributed by atoms with Crippen molar-refractivity contribution in [3.63, 3.8) is 0 Å². The van der Waals surface area contributed by atoms with Crippen LogP contribution in [-0.2, 0) is 6.54 Å². The van der Waals surface area contributed by atoms with Crippen LogP contribution in [0.1, 0.15) is 10.7 Å². The molecule has 0 amide bonds. The summed E-state index contributed by atoms with van der Waals surface area (Å²) in [4.78, 5) is 4.36. The second-order valence-corrected chi connectivity index (χ2v) is 4.88. The van der Waals surface area contributed by atoms with E-state index in [9.17, 15) is 0 Å². The van der Waals surface area contributed by atoms with Gasteiger partial charge in [0.25, 0.3) is 0 Å². The monoisotopic (exact) mass is 256 g/mol. The summed E-state index contributed by atoms with van der Waals surface area (Å²) in [5.74, 6) is 1.03. The minimum absolute atomic E-state index is 0.422. The van der Waals surface area contributed by atoms with Crippen LogP contribution in [0, 0.1) is 6.92 Å². The van der Waals surface area contributed by atoms with E-state index in [2.05, 4.69) is 14.7 Å². The van der Waals surface area contributed by atoms with Crippen molar-refractivity contribution in [2.75, 3.05) is 18.2 Å². The third-order valence-corrected chi connectivity index (χ3v) is 3.71. The van der Waals surface area contributed by atoms with Gasteiger partial charge in [0.1, 0.15) is 5.01 Å². The molecule has 0 radical (unpaired) electrons. The first-order valence-electron chi connectivity index (χ1n) is 4.64. The third kappa shape index (κ3) is 2.25. The van der Waals surface area contributed by atoms with E-state index < -0.39 is 0 Å². The van der Waals surface area contributed by atoms with Crippen molar-refractivity contribution in [1.29, 1.82) is 0 Å². The molecule has 2 aromatic heterocycles. The van der Waals surface area contributed by atoms with Gasteiger partial charge in [-0.05, 0) is 18.5 Å². The highest BCUT2D eigenvalue weighted by Crippen LogP contribution is 2.34. The predicted octanol–water partition coefficient (Wildman–Crippen LogP) is 2.11. The van der Waals surface area contributed by atoms with Crippen molar-refractivity contribution >= 4 is 33.7 Å². The number of aromatic nitrogens is 2. The number of hydrogen-bond acceptors (Lipinski definition) is 7. The van der Waals surface area contributed by atoms with Crippen LogP contribution < -0.4 is 15.8 Å². The standard InChI is InChI=1S/C9H12N4OS2/c1-5-4-15-6(12-5)3-11-9-7(14-2)8(10)13-16-9/h4,11H,3H2,1-2H3,(H2,10,13). The third-order valence-electron chi connectivity index (χ3n) is 1.95. The molecule has 5 nitrogen and oxygen atoms in total. The molecule has 7 heteroatoms. The Hall–Kier alpha value is -1.34. The molecule has 0 spiro atoms. The van der Waals surface area contributed by atoms with Crippen molar-refractivity contribution in [3.8, 4) is 5.75 Å². The number of nitrogens with zero attached hydrogens (tertiary/aromatic N) is 2. The lowest BCUT2D eigenvalue weighted by Crippen LogP contribution is -1.99. The molecule has 2 heterocycles. The number of thiazole rings is 1. The van der Waals surface area contributed by atoms with Crippen molar-refractivity contribution in [1.82, 2.24) is 9.36 Å². The highest BCUT2D eigenvalue weighted by molar-refractivity contribution is 7.11. The number of nitrogen functional groups attached to an aromatic ring is 1. The van der Waals surface area contributed by atoms with Crippen LogP contribution in [-0.4, -0.2) is 16.5 Å². The molecule has 0 aliphatic heterocycles. The molecule has 0 saturated carbocycles. The van der Waals surface area contributed by atoms with Crippen LogP contribution >= 0.6 is 22.9 Å². The fraction of sp³-hybridized carbons (Fsp3) is 0.333. The minimum Gasteiger partial charge on any atom is -0.490 e. The summed E-state index contributed by atoms with van der Waals surface area (Å²) in [5, 5.41) is 7.11. The molecule has 0 aliphatic rings. The number of aryl methyl sites for hydroxylation is 1. The average Bonchev–Trinajstić information content (AvgIpc) is 2.82. The lowest BCUT2D eigenvalue weighted by Gasteiger charge is -2.03. The lowest BCUT2D eigenvalue weighted by atomic mass is 10.5. The second-order valence-electron chi connectivity index (χ2n) is 3.17. The molecule has 2 rings (SSSR count). The molecule has 16 heavy (non-hydrogen) atoms. The predicted molar refractivity (Wildman–Crippen MR) is 67.3 cm³/mol. The minimum atomic E-state index is 0.422. The maximum atomic E-state index is 5.65. The number of hydrogen-bond donors (Lipinski definition) is 2. The molecule has 0 bridgehead atoms. The first-order chi connectivity index (χ1) is 7.70. The van der Waals surface area contributed by atoms with Crippen LogP contribution in [0.3, 0.4) is 0 Å². The SMILES string of the molecule is COc1c(N)nsc1NCc1nc(C)cs1. The van der Waals surface area contributed by atoms with Crippen molar-refractivity contribution < 1.29 is 4.74 Å². The number of ether oxygens (including phenoxy) is 1.